The highest BCUT2D eigenvalue weighted by atomic mass is 16.5. The SMILES string of the molecule is Cc1cccc(OCCNC(=O)c2c(N)n[nH]c2C)c1. The molecule has 1 aromatic carbocycles. The van der Waals surface area contributed by atoms with E-state index >= 15 is 0 Å². The fourth-order valence-electron chi connectivity index (χ4n) is 1.86. The number of ether oxygens (including phenoxy) is 1. The number of aromatic nitrogens is 2. The van der Waals surface area contributed by atoms with Gasteiger partial charge in [0.1, 0.15) is 17.9 Å². The van der Waals surface area contributed by atoms with Crippen LogP contribution in [-0.4, -0.2) is 29.3 Å². The molecule has 0 unspecified atom stereocenters. The van der Waals surface area contributed by atoms with Gasteiger partial charge in [-0.1, -0.05) is 12.1 Å². The van der Waals surface area contributed by atoms with E-state index in [4.69, 9.17) is 10.5 Å². The minimum atomic E-state index is -0.249. The van der Waals surface area contributed by atoms with Gasteiger partial charge in [-0.15, -0.1) is 0 Å². The molecule has 2 aromatic rings. The number of nitrogens with zero attached hydrogens (tertiary/aromatic N) is 1. The van der Waals surface area contributed by atoms with Crippen molar-refractivity contribution < 1.29 is 9.53 Å². The lowest BCUT2D eigenvalue weighted by atomic mass is 10.2. The monoisotopic (exact) mass is 274 g/mol. The number of carbonyl (C=O) groups excluding carboxylic acids is 1. The molecule has 0 bridgehead atoms. The predicted octanol–water partition coefficient (Wildman–Crippen LogP) is 1.42. The summed E-state index contributed by atoms with van der Waals surface area (Å²) in [5.74, 6) is 0.749. The third-order valence-corrected chi connectivity index (χ3v) is 2.85. The Labute approximate surface area is 117 Å². The molecule has 1 aromatic heterocycles. The third kappa shape index (κ3) is 3.28. The van der Waals surface area contributed by atoms with Gasteiger partial charge in [0.05, 0.1) is 6.54 Å². The van der Waals surface area contributed by atoms with E-state index in [9.17, 15) is 4.79 Å². The van der Waals surface area contributed by atoms with Crippen LogP contribution in [0.2, 0.25) is 0 Å². The van der Waals surface area contributed by atoms with Crippen molar-refractivity contribution in [1.82, 2.24) is 15.5 Å². The lowest BCUT2D eigenvalue weighted by Crippen LogP contribution is -2.28. The minimum absolute atomic E-state index is 0.208. The number of aromatic amines is 1. The molecule has 0 radical (unpaired) electrons. The summed E-state index contributed by atoms with van der Waals surface area (Å²) in [5, 5.41) is 9.20. The van der Waals surface area contributed by atoms with Crippen molar-refractivity contribution in [2.75, 3.05) is 18.9 Å². The smallest absolute Gasteiger partial charge is 0.257 e. The summed E-state index contributed by atoms with van der Waals surface area (Å²) in [4.78, 5) is 11.9. The molecule has 0 aliphatic rings. The average molecular weight is 274 g/mol. The van der Waals surface area contributed by atoms with Crippen LogP contribution < -0.4 is 15.8 Å². The molecule has 0 saturated carbocycles. The van der Waals surface area contributed by atoms with Gasteiger partial charge in [-0.2, -0.15) is 5.10 Å². The number of anilines is 1. The highest BCUT2D eigenvalue weighted by Crippen LogP contribution is 2.13. The number of rotatable bonds is 5. The predicted molar refractivity (Wildman–Crippen MR) is 76.7 cm³/mol. The van der Waals surface area contributed by atoms with Gasteiger partial charge in [0, 0.05) is 5.69 Å². The first kappa shape index (κ1) is 13.9. The van der Waals surface area contributed by atoms with Crippen LogP contribution in [0.3, 0.4) is 0 Å². The molecule has 0 atom stereocenters. The maximum atomic E-state index is 11.9. The number of nitrogen functional groups attached to an aromatic ring is 1. The van der Waals surface area contributed by atoms with Crippen molar-refractivity contribution >= 4 is 11.7 Å². The second-order valence-corrected chi connectivity index (χ2v) is 4.53. The third-order valence-electron chi connectivity index (χ3n) is 2.85. The van der Waals surface area contributed by atoms with E-state index < -0.39 is 0 Å². The van der Waals surface area contributed by atoms with E-state index in [1.165, 1.54) is 0 Å². The van der Waals surface area contributed by atoms with E-state index in [0.29, 0.717) is 24.4 Å². The highest BCUT2D eigenvalue weighted by molar-refractivity contribution is 5.99. The fourth-order valence-corrected chi connectivity index (χ4v) is 1.86. The number of hydrogen-bond donors (Lipinski definition) is 3. The van der Waals surface area contributed by atoms with Crippen LogP contribution in [-0.2, 0) is 0 Å². The molecule has 1 heterocycles. The number of hydrogen-bond acceptors (Lipinski definition) is 4. The van der Waals surface area contributed by atoms with Crippen LogP contribution in [0.5, 0.6) is 5.75 Å². The maximum Gasteiger partial charge on any atom is 0.257 e. The molecular formula is C14H18N4O2. The van der Waals surface area contributed by atoms with Crippen molar-refractivity contribution in [3.05, 3.63) is 41.1 Å². The Balaban J connectivity index is 1.80. The van der Waals surface area contributed by atoms with E-state index in [1.807, 2.05) is 31.2 Å². The Hall–Kier alpha value is -2.50. The number of nitrogens with two attached hydrogens (primary N) is 1. The summed E-state index contributed by atoms with van der Waals surface area (Å²) >= 11 is 0. The van der Waals surface area contributed by atoms with Gasteiger partial charge in [0.25, 0.3) is 5.91 Å². The fraction of sp³-hybridized carbons (Fsp3) is 0.286. The Morgan fingerprint density at radius 2 is 2.25 bits per heavy atom. The normalized spacial score (nSPS) is 10.3. The van der Waals surface area contributed by atoms with E-state index in [0.717, 1.165) is 11.3 Å². The topological polar surface area (TPSA) is 93.0 Å². The Morgan fingerprint density at radius 3 is 2.90 bits per heavy atom. The van der Waals surface area contributed by atoms with Gasteiger partial charge >= 0.3 is 0 Å². The minimum Gasteiger partial charge on any atom is -0.492 e. The van der Waals surface area contributed by atoms with Crippen molar-refractivity contribution in [3.8, 4) is 5.75 Å². The standard InChI is InChI=1S/C14H18N4O2/c1-9-4-3-5-11(8-9)20-7-6-16-14(19)12-10(2)17-18-13(12)15/h3-5,8H,6-7H2,1-2H3,(H,16,19)(H3,15,17,18). The molecule has 2 rings (SSSR count). The van der Waals surface area contributed by atoms with Crippen LogP contribution in [0.4, 0.5) is 5.82 Å². The van der Waals surface area contributed by atoms with E-state index in [2.05, 4.69) is 15.5 Å². The zero-order valence-corrected chi connectivity index (χ0v) is 11.6. The van der Waals surface area contributed by atoms with Crippen LogP contribution in [0.1, 0.15) is 21.6 Å². The van der Waals surface area contributed by atoms with Crippen LogP contribution in [0.15, 0.2) is 24.3 Å². The van der Waals surface area contributed by atoms with Gasteiger partial charge in [0.15, 0.2) is 5.82 Å². The summed E-state index contributed by atoms with van der Waals surface area (Å²) in [5.41, 5.74) is 7.79. The lowest BCUT2D eigenvalue weighted by Gasteiger charge is -2.08. The molecule has 6 nitrogen and oxygen atoms in total. The van der Waals surface area contributed by atoms with Crippen LogP contribution in [0, 0.1) is 13.8 Å². The first-order chi connectivity index (χ1) is 9.58. The molecule has 4 N–H and O–H groups in total. The first-order valence-corrected chi connectivity index (χ1v) is 6.36. The molecule has 0 spiro atoms. The average Bonchev–Trinajstić information content (AvgIpc) is 2.74. The second kappa shape index (κ2) is 6.10. The summed E-state index contributed by atoms with van der Waals surface area (Å²) in [6.07, 6.45) is 0. The van der Waals surface area contributed by atoms with E-state index in [1.54, 1.807) is 6.92 Å². The molecular weight excluding hydrogens is 256 g/mol. The van der Waals surface area contributed by atoms with Gasteiger partial charge in [-0.25, -0.2) is 0 Å². The molecule has 0 saturated heterocycles. The maximum absolute atomic E-state index is 11.9. The van der Waals surface area contributed by atoms with Gasteiger partial charge in [-0.05, 0) is 31.5 Å². The van der Waals surface area contributed by atoms with Crippen molar-refractivity contribution in [1.29, 1.82) is 0 Å². The molecule has 0 fully saturated rings. The van der Waals surface area contributed by atoms with Crippen LogP contribution >= 0.6 is 0 Å². The Morgan fingerprint density at radius 1 is 1.45 bits per heavy atom. The molecule has 106 valence electrons. The molecule has 20 heavy (non-hydrogen) atoms. The van der Waals surface area contributed by atoms with Gasteiger partial charge in [0.2, 0.25) is 0 Å². The Kier molecular flexibility index (Phi) is 4.24. The van der Waals surface area contributed by atoms with E-state index in [-0.39, 0.29) is 11.7 Å². The molecule has 6 heteroatoms. The lowest BCUT2D eigenvalue weighted by molar-refractivity contribution is 0.0947. The van der Waals surface area contributed by atoms with Crippen molar-refractivity contribution in [2.45, 2.75) is 13.8 Å². The number of carbonyl (C=O) groups is 1. The quantitative estimate of drug-likeness (QED) is 0.719. The zero-order chi connectivity index (χ0) is 14.5. The molecule has 1 amide bonds. The summed E-state index contributed by atoms with van der Waals surface area (Å²) < 4.78 is 5.55. The second-order valence-electron chi connectivity index (χ2n) is 4.53. The number of H-pyrrole nitrogens is 1. The number of amides is 1. The number of benzene rings is 1. The van der Waals surface area contributed by atoms with Crippen molar-refractivity contribution in [2.24, 2.45) is 0 Å². The summed E-state index contributed by atoms with van der Waals surface area (Å²) in [6.45, 7) is 4.55. The number of aryl methyl sites for hydroxylation is 2. The first-order valence-electron chi connectivity index (χ1n) is 6.36. The molecule has 0 aliphatic heterocycles. The van der Waals surface area contributed by atoms with Gasteiger partial charge in [-0.3, -0.25) is 9.89 Å². The molecule has 0 aliphatic carbocycles. The zero-order valence-electron chi connectivity index (χ0n) is 11.6. The summed E-state index contributed by atoms with van der Waals surface area (Å²) in [7, 11) is 0. The number of nitrogens with one attached hydrogen (secondary N) is 2. The largest absolute Gasteiger partial charge is 0.492 e. The highest BCUT2D eigenvalue weighted by Gasteiger charge is 2.15. The Bertz CT molecular complexity index is 587. The summed E-state index contributed by atoms with van der Waals surface area (Å²) in [6, 6.07) is 7.75. The van der Waals surface area contributed by atoms with Crippen molar-refractivity contribution in [3.63, 3.8) is 0 Å². The van der Waals surface area contributed by atoms with Crippen LogP contribution in [0.25, 0.3) is 0 Å². The van der Waals surface area contributed by atoms with Gasteiger partial charge < -0.3 is 15.8 Å².